The lowest BCUT2D eigenvalue weighted by atomic mass is 9.84. The van der Waals surface area contributed by atoms with Crippen molar-refractivity contribution in [2.45, 2.75) is 51.1 Å². The first-order valence-corrected chi connectivity index (χ1v) is 11.3. The number of benzene rings is 2. The molecule has 3 atom stereocenters. The average Bonchev–Trinajstić information content (AvgIpc) is 2.81. The second-order valence-electron chi connectivity index (χ2n) is 8.73. The molecule has 2 aromatic carbocycles. The number of amidine groups is 1. The van der Waals surface area contributed by atoms with Crippen molar-refractivity contribution in [3.8, 4) is 0 Å². The summed E-state index contributed by atoms with van der Waals surface area (Å²) < 4.78 is 0. The highest BCUT2D eigenvalue weighted by Crippen LogP contribution is 2.36. The Morgan fingerprint density at radius 3 is 2.47 bits per heavy atom. The van der Waals surface area contributed by atoms with Crippen LogP contribution in [0.15, 0.2) is 76.9 Å². The molecular weight excluding hydrogens is 368 g/mol. The topological polar surface area (TPSA) is 40.0 Å². The summed E-state index contributed by atoms with van der Waals surface area (Å²) in [6, 6.07) is 19.5. The molecule has 0 radical (unpaired) electrons. The first kappa shape index (κ1) is 19.1. The van der Waals surface area contributed by atoms with Crippen molar-refractivity contribution in [3.63, 3.8) is 0 Å². The van der Waals surface area contributed by atoms with Gasteiger partial charge in [0.1, 0.15) is 18.3 Å². The molecule has 0 amide bonds. The van der Waals surface area contributed by atoms with E-state index in [0.29, 0.717) is 5.92 Å². The summed E-state index contributed by atoms with van der Waals surface area (Å²) in [5, 5.41) is 3.60. The maximum absolute atomic E-state index is 4.72. The van der Waals surface area contributed by atoms with Crippen LogP contribution >= 0.6 is 0 Å². The highest BCUT2D eigenvalue weighted by Gasteiger charge is 2.37. The molecule has 154 valence electrons. The summed E-state index contributed by atoms with van der Waals surface area (Å²) in [6.45, 7) is 2.25. The van der Waals surface area contributed by atoms with Crippen molar-refractivity contribution in [2.24, 2.45) is 21.8 Å². The molecule has 2 heterocycles. The van der Waals surface area contributed by atoms with Crippen molar-refractivity contribution in [2.75, 3.05) is 10.2 Å². The minimum Gasteiger partial charge on any atom is -0.363 e. The maximum atomic E-state index is 4.72. The van der Waals surface area contributed by atoms with Gasteiger partial charge in [-0.15, -0.1) is 0 Å². The minimum atomic E-state index is -0.0242. The predicted molar refractivity (Wildman–Crippen MR) is 126 cm³/mol. The van der Waals surface area contributed by atoms with Gasteiger partial charge >= 0.3 is 0 Å². The summed E-state index contributed by atoms with van der Waals surface area (Å²) in [5.74, 6) is 2.35. The largest absolute Gasteiger partial charge is 0.363 e. The molecule has 2 aliphatic heterocycles. The first-order valence-electron chi connectivity index (χ1n) is 11.3. The molecule has 4 heteroatoms. The van der Waals surface area contributed by atoms with Crippen molar-refractivity contribution in [1.82, 2.24) is 0 Å². The Balaban J connectivity index is 1.38. The lowest BCUT2D eigenvalue weighted by molar-refractivity contribution is 0.443. The minimum absolute atomic E-state index is 0.0242. The predicted octanol–water partition coefficient (Wildman–Crippen LogP) is 6.20. The van der Waals surface area contributed by atoms with Gasteiger partial charge in [0.25, 0.3) is 0 Å². The van der Waals surface area contributed by atoms with Crippen molar-refractivity contribution in [1.29, 1.82) is 0 Å². The van der Waals surface area contributed by atoms with Crippen molar-refractivity contribution >= 4 is 23.5 Å². The van der Waals surface area contributed by atoms with E-state index in [0.717, 1.165) is 17.4 Å². The van der Waals surface area contributed by atoms with Crippen LogP contribution in [0.3, 0.4) is 0 Å². The Bertz CT molecular complexity index is 939. The monoisotopic (exact) mass is 398 g/mol. The Morgan fingerprint density at radius 2 is 1.70 bits per heavy atom. The summed E-state index contributed by atoms with van der Waals surface area (Å²) in [6.07, 6.45) is 12.9. The van der Waals surface area contributed by atoms with Crippen LogP contribution in [0.4, 0.5) is 11.4 Å². The van der Waals surface area contributed by atoms with Crippen LogP contribution < -0.4 is 10.2 Å². The van der Waals surface area contributed by atoms with Gasteiger partial charge in [-0.05, 0) is 54.5 Å². The van der Waals surface area contributed by atoms with Gasteiger partial charge in [-0.25, -0.2) is 9.98 Å². The third-order valence-electron chi connectivity index (χ3n) is 6.74. The van der Waals surface area contributed by atoms with Crippen LogP contribution in [0.25, 0.3) is 0 Å². The molecule has 0 bridgehead atoms. The quantitative estimate of drug-likeness (QED) is 0.666. The van der Waals surface area contributed by atoms with Crippen molar-refractivity contribution < 1.29 is 0 Å². The standard InChI is InChI=1S/C26H30N4/c1-19-16-17-30(23-14-12-21(13-15-23)20-8-4-2-5-9-20)26-24(19)25(27-18-28-26)29-22-10-6-3-7-11-22/h3,6-7,10-20,24-25,29H,2,4-5,8-9H2,1H3. The molecular formula is C26H30N4. The number of rotatable bonds is 4. The molecule has 1 saturated carbocycles. The highest BCUT2D eigenvalue weighted by molar-refractivity contribution is 6.06. The summed E-state index contributed by atoms with van der Waals surface area (Å²) >= 11 is 0. The van der Waals surface area contributed by atoms with Crippen LogP contribution in [0, 0.1) is 11.8 Å². The molecule has 1 aliphatic carbocycles. The van der Waals surface area contributed by atoms with Gasteiger partial charge in [0, 0.05) is 17.6 Å². The molecule has 4 nitrogen and oxygen atoms in total. The van der Waals surface area contributed by atoms with E-state index in [1.807, 2.05) is 18.2 Å². The number of anilines is 2. The van der Waals surface area contributed by atoms with Gasteiger partial charge in [-0.3, -0.25) is 0 Å². The third kappa shape index (κ3) is 3.79. The van der Waals surface area contributed by atoms with E-state index in [1.165, 1.54) is 43.4 Å². The summed E-state index contributed by atoms with van der Waals surface area (Å²) in [4.78, 5) is 11.6. The van der Waals surface area contributed by atoms with E-state index in [1.54, 1.807) is 6.34 Å². The van der Waals surface area contributed by atoms with E-state index < -0.39 is 0 Å². The molecule has 30 heavy (non-hydrogen) atoms. The second kappa shape index (κ2) is 8.47. The van der Waals surface area contributed by atoms with E-state index in [9.17, 15) is 0 Å². The zero-order valence-corrected chi connectivity index (χ0v) is 17.6. The highest BCUT2D eigenvalue weighted by atomic mass is 15.2. The number of para-hydroxylation sites is 1. The molecule has 3 aliphatic rings. The zero-order valence-electron chi connectivity index (χ0n) is 17.6. The van der Waals surface area contributed by atoms with Gasteiger partial charge in [0.2, 0.25) is 0 Å². The van der Waals surface area contributed by atoms with E-state index in [-0.39, 0.29) is 12.1 Å². The molecule has 2 aromatic rings. The number of allylic oxidation sites excluding steroid dienone is 1. The maximum Gasteiger partial charge on any atom is 0.131 e. The van der Waals surface area contributed by atoms with Crippen LogP contribution in [0.2, 0.25) is 0 Å². The molecule has 1 N–H and O–H groups in total. The molecule has 0 aromatic heterocycles. The number of nitrogens with zero attached hydrogens (tertiary/aromatic N) is 3. The second-order valence-corrected chi connectivity index (χ2v) is 8.73. The Morgan fingerprint density at radius 1 is 0.933 bits per heavy atom. The SMILES string of the molecule is CC1C=CN(c2ccc(C3CCCCC3)cc2)C2=NC=NC(Nc3ccccc3)C21. The van der Waals surface area contributed by atoms with Crippen LogP contribution in [-0.2, 0) is 0 Å². The fourth-order valence-electron chi connectivity index (χ4n) is 5.04. The number of fused-ring (bicyclic) bond motifs is 1. The smallest absolute Gasteiger partial charge is 0.131 e. The van der Waals surface area contributed by atoms with E-state index >= 15 is 0 Å². The fraction of sp³-hybridized carbons (Fsp3) is 0.385. The first-order chi connectivity index (χ1) is 14.8. The molecule has 1 fully saturated rings. The van der Waals surface area contributed by atoms with Gasteiger partial charge < -0.3 is 10.2 Å². The van der Waals surface area contributed by atoms with Crippen LogP contribution in [-0.4, -0.2) is 18.3 Å². The van der Waals surface area contributed by atoms with Gasteiger partial charge in [-0.1, -0.05) is 62.6 Å². The Kier molecular flexibility index (Phi) is 5.39. The average molecular weight is 399 g/mol. The molecule has 3 unspecified atom stereocenters. The Hall–Kier alpha value is -2.88. The summed E-state index contributed by atoms with van der Waals surface area (Å²) in [5.41, 5.74) is 3.75. The lowest BCUT2D eigenvalue weighted by Gasteiger charge is -2.39. The van der Waals surface area contributed by atoms with Gasteiger partial charge in [-0.2, -0.15) is 0 Å². The summed E-state index contributed by atoms with van der Waals surface area (Å²) in [7, 11) is 0. The molecule has 0 spiro atoms. The van der Waals surface area contributed by atoms with E-state index in [2.05, 4.69) is 70.8 Å². The van der Waals surface area contributed by atoms with Gasteiger partial charge in [0.15, 0.2) is 0 Å². The molecule has 0 saturated heterocycles. The molecule has 5 rings (SSSR count). The van der Waals surface area contributed by atoms with Crippen molar-refractivity contribution in [3.05, 3.63) is 72.4 Å². The van der Waals surface area contributed by atoms with Crippen LogP contribution in [0.1, 0.15) is 50.5 Å². The number of aliphatic imine (C=N–C) groups is 2. The lowest BCUT2D eigenvalue weighted by Crippen LogP contribution is -2.48. The number of hydrogen-bond acceptors (Lipinski definition) is 4. The number of hydrogen-bond donors (Lipinski definition) is 1. The van der Waals surface area contributed by atoms with E-state index in [4.69, 9.17) is 4.99 Å². The van der Waals surface area contributed by atoms with Gasteiger partial charge in [0.05, 0.1) is 5.92 Å². The Labute approximate surface area is 179 Å². The fourth-order valence-corrected chi connectivity index (χ4v) is 5.04. The third-order valence-corrected chi connectivity index (χ3v) is 6.74. The number of nitrogens with one attached hydrogen (secondary N) is 1. The zero-order chi connectivity index (χ0) is 20.3. The normalized spacial score (nSPS) is 26.2. The van der Waals surface area contributed by atoms with Crippen LogP contribution in [0.5, 0.6) is 0 Å².